The summed E-state index contributed by atoms with van der Waals surface area (Å²) in [6, 6.07) is 23.0. The lowest BCUT2D eigenvalue weighted by atomic mass is 9.98. The lowest BCUT2D eigenvalue weighted by molar-refractivity contribution is 0.838. The maximum absolute atomic E-state index is 6.43. The summed E-state index contributed by atoms with van der Waals surface area (Å²) >= 11 is 0. The molecule has 3 aromatic carbocycles. The van der Waals surface area contributed by atoms with Crippen LogP contribution in [0.5, 0.6) is 0 Å². The Hall–Kier alpha value is -3.79. The molecule has 0 aliphatic heterocycles. The average molecular weight is 448 g/mol. The first kappa shape index (κ1) is 24.8. The molecule has 0 saturated carbocycles. The smallest absolute Gasteiger partial charge is 0.0882 e. The van der Waals surface area contributed by atoms with Crippen molar-refractivity contribution in [1.29, 1.82) is 0 Å². The fourth-order valence-electron chi connectivity index (χ4n) is 3.48. The lowest BCUT2D eigenvalue weighted by Gasteiger charge is -2.08. The van der Waals surface area contributed by atoms with Gasteiger partial charge in [-0.25, -0.2) is 0 Å². The predicted molar refractivity (Wildman–Crippen MR) is 150 cm³/mol. The van der Waals surface area contributed by atoms with Gasteiger partial charge < -0.3 is 11.1 Å². The highest BCUT2D eigenvalue weighted by Gasteiger charge is 2.03. The van der Waals surface area contributed by atoms with Crippen LogP contribution in [0.15, 0.2) is 120 Å². The Morgan fingerprint density at radius 1 is 0.912 bits per heavy atom. The van der Waals surface area contributed by atoms with Crippen molar-refractivity contribution >= 4 is 28.6 Å². The van der Waals surface area contributed by atoms with Crippen LogP contribution in [0.3, 0.4) is 0 Å². The molecule has 0 aliphatic carbocycles. The molecule has 0 radical (unpaired) electrons. The zero-order valence-corrected chi connectivity index (χ0v) is 19.9. The van der Waals surface area contributed by atoms with Crippen molar-refractivity contribution in [2.45, 2.75) is 13.0 Å². The third-order valence-corrected chi connectivity index (χ3v) is 5.17. The van der Waals surface area contributed by atoms with Crippen LogP contribution in [0.4, 0.5) is 0 Å². The summed E-state index contributed by atoms with van der Waals surface area (Å²) in [7, 11) is 1.88. The van der Waals surface area contributed by atoms with Gasteiger partial charge in [-0.1, -0.05) is 109 Å². The number of fused-ring (bicyclic) bond motifs is 1. The van der Waals surface area contributed by atoms with Crippen molar-refractivity contribution in [1.82, 2.24) is 5.32 Å². The molecule has 1 unspecified atom stereocenters. The minimum atomic E-state index is -0.207. The lowest BCUT2D eigenvalue weighted by Crippen LogP contribution is -2.13. The molecule has 0 spiro atoms. The summed E-state index contributed by atoms with van der Waals surface area (Å²) in [4.78, 5) is 4.35. The van der Waals surface area contributed by atoms with Gasteiger partial charge in [0, 0.05) is 12.3 Å². The highest BCUT2D eigenvalue weighted by atomic mass is 15.0. The van der Waals surface area contributed by atoms with E-state index in [0.717, 1.165) is 22.3 Å². The van der Waals surface area contributed by atoms with Gasteiger partial charge in [-0.15, -0.1) is 0 Å². The van der Waals surface area contributed by atoms with Gasteiger partial charge in [-0.05, 0) is 59.1 Å². The van der Waals surface area contributed by atoms with Gasteiger partial charge >= 0.3 is 0 Å². The second kappa shape index (κ2) is 13.7. The van der Waals surface area contributed by atoms with E-state index >= 15 is 0 Å². The zero-order chi connectivity index (χ0) is 24.0. The normalized spacial score (nSPS) is 14.0. The van der Waals surface area contributed by atoms with Crippen LogP contribution in [0, 0.1) is 0 Å². The van der Waals surface area contributed by atoms with E-state index in [1.807, 2.05) is 62.7 Å². The van der Waals surface area contributed by atoms with E-state index in [4.69, 9.17) is 5.73 Å². The molecule has 0 saturated heterocycles. The molecule has 3 rings (SSSR count). The zero-order valence-electron chi connectivity index (χ0n) is 19.9. The van der Waals surface area contributed by atoms with Crippen LogP contribution in [0.1, 0.15) is 23.6 Å². The van der Waals surface area contributed by atoms with Gasteiger partial charge in [0.1, 0.15) is 0 Å². The molecule has 0 heterocycles. The Kier molecular flexibility index (Phi) is 10.0. The van der Waals surface area contributed by atoms with E-state index in [2.05, 4.69) is 89.2 Å². The van der Waals surface area contributed by atoms with Gasteiger partial charge in [-0.3, -0.25) is 4.99 Å². The number of rotatable bonds is 10. The van der Waals surface area contributed by atoms with Crippen LogP contribution < -0.4 is 11.1 Å². The van der Waals surface area contributed by atoms with Gasteiger partial charge in [-0.2, -0.15) is 0 Å². The van der Waals surface area contributed by atoms with Gasteiger partial charge in [0.15, 0.2) is 0 Å². The largest absolute Gasteiger partial charge is 0.321 e. The maximum atomic E-state index is 6.43. The molecule has 3 heteroatoms. The summed E-state index contributed by atoms with van der Waals surface area (Å²) in [5, 5.41) is 5.45. The molecule has 34 heavy (non-hydrogen) atoms. The molecule has 0 aromatic heterocycles. The molecule has 0 aliphatic rings. The van der Waals surface area contributed by atoms with Crippen LogP contribution in [0.2, 0.25) is 0 Å². The number of allylic oxidation sites excluding steroid dienone is 7. The summed E-state index contributed by atoms with van der Waals surface area (Å²) in [5.74, 6) is 0. The fourth-order valence-corrected chi connectivity index (χ4v) is 3.48. The standard InChI is InChI=1S/C31H33N3/c1-3-4-5-6-7-15-31(32)22-30(29-19-18-27-13-8-9-14-28(27)21-29)17-16-25-11-10-12-26(20-25)23-34-24-33-2/h3-23,31,33H,24,32H2,1-2H3/b4-3-,6-5-,15-7+,17-16+,30-22+,34-23?. The monoisotopic (exact) mass is 447 g/mol. The molecular formula is C31H33N3. The summed E-state index contributed by atoms with van der Waals surface area (Å²) in [5.41, 5.74) is 10.8. The number of aliphatic imine (C=N–C) groups is 1. The van der Waals surface area contributed by atoms with E-state index < -0.39 is 0 Å². The van der Waals surface area contributed by atoms with Crippen molar-refractivity contribution < 1.29 is 0 Å². The van der Waals surface area contributed by atoms with Gasteiger partial charge in [0.05, 0.1) is 6.67 Å². The van der Waals surface area contributed by atoms with E-state index in [1.54, 1.807) is 0 Å². The molecule has 3 nitrogen and oxygen atoms in total. The number of nitrogens with zero attached hydrogens (tertiary/aromatic N) is 1. The molecule has 3 N–H and O–H groups in total. The summed E-state index contributed by atoms with van der Waals surface area (Å²) < 4.78 is 0. The van der Waals surface area contributed by atoms with Crippen LogP contribution >= 0.6 is 0 Å². The summed E-state index contributed by atoms with van der Waals surface area (Å²) in [6.45, 7) is 2.60. The molecule has 0 fully saturated rings. The molecule has 1 atom stereocenters. The highest BCUT2D eigenvalue weighted by molar-refractivity contribution is 5.89. The minimum Gasteiger partial charge on any atom is -0.321 e. The Balaban J connectivity index is 1.91. The number of nitrogens with one attached hydrogen (secondary N) is 1. The average Bonchev–Trinajstić information content (AvgIpc) is 2.86. The number of nitrogens with two attached hydrogens (primary N) is 1. The van der Waals surface area contributed by atoms with Gasteiger partial charge in [0.25, 0.3) is 0 Å². The molecular weight excluding hydrogens is 414 g/mol. The van der Waals surface area contributed by atoms with Crippen molar-refractivity contribution in [3.05, 3.63) is 132 Å². The molecule has 0 amide bonds. The number of benzene rings is 3. The predicted octanol–water partition coefficient (Wildman–Crippen LogP) is 6.55. The van der Waals surface area contributed by atoms with Crippen molar-refractivity contribution in [3.63, 3.8) is 0 Å². The Labute approximate surface area is 203 Å². The third-order valence-electron chi connectivity index (χ3n) is 5.17. The SMILES string of the molecule is C\C=C/C=C\C=C\C(N)/C=C(\C=C\c1cccc(C=NCNC)c1)c1ccc2ccccc2c1. The maximum Gasteiger partial charge on any atom is 0.0882 e. The first-order valence-corrected chi connectivity index (χ1v) is 11.5. The van der Waals surface area contributed by atoms with Crippen molar-refractivity contribution in [2.24, 2.45) is 10.7 Å². The first-order valence-electron chi connectivity index (χ1n) is 11.5. The molecule has 172 valence electrons. The number of hydrogen-bond donors (Lipinski definition) is 2. The first-order chi connectivity index (χ1) is 16.7. The second-order valence-electron chi connectivity index (χ2n) is 7.88. The van der Waals surface area contributed by atoms with Crippen LogP contribution in [-0.4, -0.2) is 26.0 Å². The molecule has 0 bridgehead atoms. The Morgan fingerprint density at radius 2 is 1.71 bits per heavy atom. The van der Waals surface area contributed by atoms with E-state index in [0.29, 0.717) is 6.67 Å². The Morgan fingerprint density at radius 3 is 2.53 bits per heavy atom. The van der Waals surface area contributed by atoms with Crippen molar-refractivity contribution in [2.75, 3.05) is 13.7 Å². The fraction of sp³-hybridized carbons (Fsp3) is 0.129. The second-order valence-corrected chi connectivity index (χ2v) is 7.88. The highest BCUT2D eigenvalue weighted by Crippen LogP contribution is 2.23. The quantitative estimate of drug-likeness (QED) is 0.273. The van der Waals surface area contributed by atoms with E-state index in [1.165, 1.54) is 10.8 Å². The summed E-state index contributed by atoms with van der Waals surface area (Å²) in [6.07, 6.45) is 20.2. The topological polar surface area (TPSA) is 50.4 Å². The van der Waals surface area contributed by atoms with E-state index in [-0.39, 0.29) is 6.04 Å². The van der Waals surface area contributed by atoms with Crippen LogP contribution in [-0.2, 0) is 0 Å². The molecule has 3 aromatic rings. The van der Waals surface area contributed by atoms with Crippen molar-refractivity contribution in [3.8, 4) is 0 Å². The Bertz CT molecular complexity index is 1240. The van der Waals surface area contributed by atoms with Crippen LogP contribution in [0.25, 0.3) is 22.4 Å². The minimum absolute atomic E-state index is 0.207. The van der Waals surface area contributed by atoms with E-state index in [9.17, 15) is 0 Å². The number of hydrogen-bond acceptors (Lipinski definition) is 3. The van der Waals surface area contributed by atoms with Gasteiger partial charge in [0.2, 0.25) is 0 Å². The third kappa shape index (κ3) is 7.96.